The molecule has 2 aromatic rings. The number of hydrogen-bond acceptors (Lipinski definition) is 5. The summed E-state index contributed by atoms with van der Waals surface area (Å²) in [5.41, 5.74) is 2.76. The van der Waals surface area contributed by atoms with Gasteiger partial charge >= 0.3 is 5.69 Å². The molecular weight excluding hydrogens is 284 g/mol. The number of ether oxygens (including phenoxy) is 1. The minimum absolute atomic E-state index is 0.0265. The average Bonchev–Trinajstić information content (AvgIpc) is 3.01. The van der Waals surface area contributed by atoms with Crippen LogP contribution in [0.15, 0.2) is 18.2 Å². The Bertz CT molecular complexity index is 739. The van der Waals surface area contributed by atoms with Gasteiger partial charge in [-0.2, -0.15) is 5.10 Å². The molecule has 7 nitrogen and oxygen atoms in total. The maximum atomic E-state index is 11.3. The van der Waals surface area contributed by atoms with Gasteiger partial charge in [0.15, 0.2) is 0 Å². The van der Waals surface area contributed by atoms with Crippen LogP contribution in [-0.4, -0.2) is 21.8 Å². The van der Waals surface area contributed by atoms with Crippen LogP contribution in [0.25, 0.3) is 0 Å². The fourth-order valence-electron chi connectivity index (χ4n) is 3.15. The van der Waals surface area contributed by atoms with Gasteiger partial charge in [0.25, 0.3) is 0 Å². The lowest BCUT2D eigenvalue weighted by Gasteiger charge is -2.15. The molecule has 1 heterocycles. The highest BCUT2D eigenvalue weighted by Crippen LogP contribution is 2.40. The predicted octanol–water partition coefficient (Wildman–Crippen LogP) is 2.74. The molecule has 22 heavy (non-hydrogen) atoms. The fourth-order valence-corrected chi connectivity index (χ4v) is 3.15. The topological polar surface area (TPSA) is 82.2 Å². The summed E-state index contributed by atoms with van der Waals surface area (Å²) in [4.78, 5) is 10.9. The third-order valence-electron chi connectivity index (χ3n) is 4.13. The molecule has 116 valence electrons. The molecule has 0 bridgehead atoms. The second-order valence-electron chi connectivity index (χ2n) is 5.43. The SMILES string of the molecule is COc1cccc2c1CCC2Nc1c([N+](=O)[O-])c(C)nn1C. The zero-order valence-electron chi connectivity index (χ0n) is 12.8. The van der Waals surface area contributed by atoms with Gasteiger partial charge in [-0.15, -0.1) is 0 Å². The van der Waals surface area contributed by atoms with Crippen molar-refractivity contribution in [2.75, 3.05) is 12.4 Å². The summed E-state index contributed by atoms with van der Waals surface area (Å²) in [5.74, 6) is 1.32. The molecule has 1 aromatic heterocycles. The molecule has 7 heteroatoms. The molecule has 0 radical (unpaired) electrons. The average molecular weight is 302 g/mol. The standard InChI is InChI=1S/C15H18N4O3/c1-9-14(19(20)21)15(18(2)17-9)16-12-8-7-11-10(12)5-4-6-13(11)22-3/h4-6,12,16H,7-8H2,1-3H3. The molecule has 0 spiro atoms. The van der Waals surface area contributed by atoms with E-state index in [4.69, 9.17) is 4.74 Å². The first-order chi connectivity index (χ1) is 10.5. The van der Waals surface area contributed by atoms with Crippen molar-refractivity contribution in [1.29, 1.82) is 0 Å². The number of nitrogens with one attached hydrogen (secondary N) is 1. The first-order valence-electron chi connectivity index (χ1n) is 7.13. The summed E-state index contributed by atoms with van der Waals surface area (Å²) in [7, 11) is 3.37. The number of fused-ring (bicyclic) bond motifs is 1. The van der Waals surface area contributed by atoms with Crippen LogP contribution >= 0.6 is 0 Å². The van der Waals surface area contributed by atoms with E-state index < -0.39 is 0 Å². The van der Waals surface area contributed by atoms with Crippen molar-refractivity contribution in [2.24, 2.45) is 7.05 Å². The Morgan fingerprint density at radius 2 is 2.27 bits per heavy atom. The van der Waals surface area contributed by atoms with Gasteiger partial charge in [-0.25, -0.2) is 4.68 Å². The van der Waals surface area contributed by atoms with Crippen molar-refractivity contribution < 1.29 is 9.66 Å². The van der Waals surface area contributed by atoms with Gasteiger partial charge in [0, 0.05) is 7.05 Å². The molecule has 0 fully saturated rings. The number of rotatable bonds is 4. The number of hydrogen-bond donors (Lipinski definition) is 1. The van der Waals surface area contributed by atoms with E-state index in [0.29, 0.717) is 11.5 Å². The molecule has 1 aliphatic carbocycles. The largest absolute Gasteiger partial charge is 0.496 e. The van der Waals surface area contributed by atoms with E-state index >= 15 is 0 Å². The van der Waals surface area contributed by atoms with Crippen molar-refractivity contribution in [3.8, 4) is 5.75 Å². The van der Waals surface area contributed by atoms with Crippen molar-refractivity contribution >= 4 is 11.5 Å². The Kier molecular flexibility index (Phi) is 3.48. The van der Waals surface area contributed by atoms with Gasteiger partial charge in [0.1, 0.15) is 11.4 Å². The summed E-state index contributed by atoms with van der Waals surface area (Å²) in [6.45, 7) is 1.65. The highest BCUT2D eigenvalue weighted by atomic mass is 16.6. The molecule has 1 atom stereocenters. The minimum Gasteiger partial charge on any atom is -0.496 e. The molecule has 0 amide bonds. The zero-order valence-corrected chi connectivity index (χ0v) is 12.8. The van der Waals surface area contributed by atoms with E-state index in [1.165, 1.54) is 10.2 Å². The van der Waals surface area contributed by atoms with Crippen LogP contribution in [0.1, 0.15) is 29.3 Å². The normalized spacial score (nSPS) is 16.4. The fraction of sp³-hybridized carbons (Fsp3) is 0.400. The maximum absolute atomic E-state index is 11.3. The number of benzene rings is 1. The lowest BCUT2D eigenvalue weighted by Crippen LogP contribution is -2.11. The highest BCUT2D eigenvalue weighted by Gasteiger charge is 2.30. The van der Waals surface area contributed by atoms with Crippen molar-refractivity contribution in [3.05, 3.63) is 45.1 Å². The molecule has 1 N–H and O–H groups in total. The van der Waals surface area contributed by atoms with E-state index in [2.05, 4.69) is 10.4 Å². The third-order valence-corrected chi connectivity index (χ3v) is 4.13. The Morgan fingerprint density at radius 1 is 1.50 bits per heavy atom. The number of nitro groups is 1. The van der Waals surface area contributed by atoms with Gasteiger partial charge in [-0.1, -0.05) is 12.1 Å². The quantitative estimate of drug-likeness (QED) is 0.693. The lowest BCUT2D eigenvalue weighted by atomic mass is 10.1. The van der Waals surface area contributed by atoms with Crippen LogP contribution in [0.5, 0.6) is 5.75 Å². The first-order valence-corrected chi connectivity index (χ1v) is 7.13. The lowest BCUT2D eigenvalue weighted by molar-refractivity contribution is -0.384. The first kappa shape index (κ1) is 14.4. The van der Waals surface area contributed by atoms with Gasteiger partial charge in [-0.3, -0.25) is 10.1 Å². The van der Waals surface area contributed by atoms with E-state index in [1.807, 2.05) is 18.2 Å². The van der Waals surface area contributed by atoms with Crippen molar-refractivity contribution in [3.63, 3.8) is 0 Å². The second-order valence-corrected chi connectivity index (χ2v) is 5.43. The summed E-state index contributed by atoms with van der Waals surface area (Å²) in [6, 6.07) is 5.95. The van der Waals surface area contributed by atoms with Gasteiger partial charge in [0.2, 0.25) is 5.82 Å². The van der Waals surface area contributed by atoms with Crippen molar-refractivity contribution in [1.82, 2.24) is 9.78 Å². The number of methoxy groups -OCH3 is 1. The maximum Gasteiger partial charge on any atom is 0.333 e. The summed E-state index contributed by atoms with van der Waals surface area (Å²) >= 11 is 0. The van der Waals surface area contributed by atoms with Crippen LogP contribution in [0.4, 0.5) is 11.5 Å². The molecule has 0 aliphatic heterocycles. The number of nitrogens with zero attached hydrogens (tertiary/aromatic N) is 3. The Balaban J connectivity index is 1.96. The Hall–Kier alpha value is -2.57. The molecule has 0 saturated heterocycles. The van der Waals surface area contributed by atoms with Crippen molar-refractivity contribution in [2.45, 2.75) is 25.8 Å². The molecule has 0 saturated carbocycles. The molecular formula is C15H18N4O3. The molecule has 1 aliphatic rings. The van der Waals surface area contributed by atoms with Gasteiger partial charge in [-0.05, 0) is 37.0 Å². The van der Waals surface area contributed by atoms with Crippen LogP contribution < -0.4 is 10.1 Å². The third kappa shape index (κ3) is 2.18. The predicted molar refractivity (Wildman–Crippen MR) is 82.3 cm³/mol. The number of aromatic nitrogens is 2. The summed E-state index contributed by atoms with van der Waals surface area (Å²) in [6.07, 6.45) is 1.76. The zero-order chi connectivity index (χ0) is 15.9. The van der Waals surface area contributed by atoms with E-state index in [9.17, 15) is 10.1 Å². The molecule has 3 rings (SSSR count). The Morgan fingerprint density at radius 3 is 2.95 bits per heavy atom. The van der Waals surface area contributed by atoms with Crippen LogP contribution in [0, 0.1) is 17.0 Å². The van der Waals surface area contributed by atoms with E-state index in [-0.39, 0.29) is 16.7 Å². The van der Waals surface area contributed by atoms with E-state index in [1.54, 1.807) is 21.1 Å². The van der Waals surface area contributed by atoms with Crippen LogP contribution in [0.3, 0.4) is 0 Å². The monoisotopic (exact) mass is 302 g/mol. The summed E-state index contributed by atoms with van der Waals surface area (Å²) in [5, 5.41) is 18.7. The van der Waals surface area contributed by atoms with Gasteiger partial charge in [0.05, 0.1) is 18.1 Å². The minimum atomic E-state index is -0.383. The van der Waals surface area contributed by atoms with Crippen LogP contribution in [-0.2, 0) is 13.5 Å². The molecule has 1 unspecified atom stereocenters. The van der Waals surface area contributed by atoms with Crippen LogP contribution in [0.2, 0.25) is 0 Å². The smallest absolute Gasteiger partial charge is 0.333 e. The van der Waals surface area contributed by atoms with Gasteiger partial charge < -0.3 is 10.1 Å². The number of anilines is 1. The number of aryl methyl sites for hydroxylation is 2. The summed E-state index contributed by atoms with van der Waals surface area (Å²) < 4.78 is 6.93. The van der Waals surface area contributed by atoms with E-state index in [0.717, 1.165) is 24.2 Å². The second kappa shape index (κ2) is 5.32. The molecule has 1 aromatic carbocycles. The Labute approximate surface area is 128 Å². The highest BCUT2D eigenvalue weighted by molar-refractivity contribution is 5.61.